The topological polar surface area (TPSA) is 103 Å². The lowest BCUT2D eigenvalue weighted by atomic mass is 9.95. The van der Waals surface area contributed by atoms with Crippen LogP contribution in [0.2, 0.25) is 0 Å². The SMILES string of the molecule is CC(=O)N1CCC(c2nc(NC3CCCNC3)c(-c3nc4ccccc4s3)c(=O)[nH]2)CC1. The third-order valence-corrected chi connectivity index (χ3v) is 7.46. The summed E-state index contributed by atoms with van der Waals surface area (Å²) in [5, 5.41) is 7.65. The quantitative estimate of drug-likeness (QED) is 0.562. The molecule has 3 N–H and O–H groups in total. The summed E-state index contributed by atoms with van der Waals surface area (Å²) >= 11 is 1.51. The van der Waals surface area contributed by atoms with Gasteiger partial charge in [-0.1, -0.05) is 12.1 Å². The van der Waals surface area contributed by atoms with E-state index in [0.29, 0.717) is 35.3 Å². The molecule has 0 bridgehead atoms. The van der Waals surface area contributed by atoms with Gasteiger partial charge in [0.05, 0.1) is 10.2 Å². The summed E-state index contributed by atoms with van der Waals surface area (Å²) in [6.45, 7) is 4.86. The number of benzene rings is 1. The second-order valence-electron chi connectivity index (χ2n) is 8.63. The average molecular weight is 453 g/mol. The molecule has 2 fully saturated rings. The third kappa shape index (κ3) is 4.27. The molecular formula is C23H28N6O2S. The number of rotatable bonds is 4. The van der Waals surface area contributed by atoms with Gasteiger partial charge in [-0.2, -0.15) is 0 Å². The van der Waals surface area contributed by atoms with Crippen molar-refractivity contribution in [3.8, 4) is 10.6 Å². The largest absolute Gasteiger partial charge is 0.365 e. The Bertz CT molecular complexity index is 1140. The van der Waals surface area contributed by atoms with E-state index in [2.05, 4.69) is 15.6 Å². The number of carbonyl (C=O) groups excluding carboxylic acids is 1. The number of piperidine rings is 2. The van der Waals surface area contributed by atoms with Crippen molar-refractivity contribution in [1.82, 2.24) is 25.2 Å². The van der Waals surface area contributed by atoms with Crippen LogP contribution in [0.25, 0.3) is 20.8 Å². The zero-order chi connectivity index (χ0) is 22.1. The van der Waals surface area contributed by atoms with Gasteiger partial charge in [-0.15, -0.1) is 11.3 Å². The van der Waals surface area contributed by atoms with Gasteiger partial charge in [0.15, 0.2) is 0 Å². The minimum atomic E-state index is -0.158. The van der Waals surface area contributed by atoms with Crippen LogP contribution in [0.1, 0.15) is 44.3 Å². The number of nitrogens with zero attached hydrogens (tertiary/aromatic N) is 3. The molecule has 3 aromatic rings. The lowest BCUT2D eigenvalue weighted by Gasteiger charge is -2.31. The number of hydrogen-bond donors (Lipinski definition) is 3. The van der Waals surface area contributed by atoms with Crippen LogP contribution in [-0.2, 0) is 4.79 Å². The molecule has 1 unspecified atom stereocenters. The average Bonchev–Trinajstić information content (AvgIpc) is 3.23. The van der Waals surface area contributed by atoms with Crippen LogP contribution < -0.4 is 16.2 Å². The minimum Gasteiger partial charge on any atom is -0.365 e. The Balaban J connectivity index is 1.52. The normalized spacial score (nSPS) is 19.9. The van der Waals surface area contributed by atoms with E-state index in [9.17, 15) is 9.59 Å². The Morgan fingerprint density at radius 1 is 1.19 bits per heavy atom. The van der Waals surface area contributed by atoms with Crippen molar-refractivity contribution in [2.75, 3.05) is 31.5 Å². The maximum atomic E-state index is 13.3. The number of nitrogens with one attached hydrogen (secondary N) is 3. The summed E-state index contributed by atoms with van der Waals surface area (Å²) in [4.78, 5) is 39.6. The highest BCUT2D eigenvalue weighted by Gasteiger charge is 2.27. The van der Waals surface area contributed by atoms with Gasteiger partial charge < -0.3 is 20.5 Å². The lowest BCUT2D eigenvalue weighted by Crippen LogP contribution is -2.39. The highest BCUT2D eigenvalue weighted by Crippen LogP contribution is 2.33. The molecule has 4 heterocycles. The number of aromatic nitrogens is 3. The number of aromatic amines is 1. The predicted octanol–water partition coefficient (Wildman–Crippen LogP) is 2.94. The standard InChI is InChI=1S/C23H28N6O2S/c1-14(30)29-11-8-15(9-12-29)20-27-21(25-16-5-4-10-24-13-16)19(22(31)28-20)23-26-17-6-2-3-7-18(17)32-23/h2-3,6-7,15-16,24H,4-5,8-13H2,1H3,(H2,25,27,28,31). The summed E-state index contributed by atoms with van der Waals surface area (Å²) < 4.78 is 1.05. The fourth-order valence-electron chi connectivity index (χ4n) is 4.60. The van der Waals surface area contributed by atoms with Crippen LogP contribution in [0.5, 0.6) is 0 Å². The smallest absolute Gasteiger partial charge is 0.263 e. The molecule has 2 aliphatic heterocycles. The molecule has 1 atom stereocenters. The van der Waals surface area contributed by atoms with Gasteiger partial charge in [-0.25, -0.2) is 9.97 Å². The first-order valence-electron chi connectivity index (χ1n) is 11.3. The van der Waals surface area contributed by atoms with Crippen molar-refractivity contribution in [2.45, 2.75) is 44.6 Å². The number of carbonyl (C=O) groups is 1. The lowest BCUT2D eigenvalue weighted by molar-refractivity contribution is -0.129. The van der Waals surface area contributed by atoms with Crippen molar-refractivity contribution in [3.05, 3.63) is 40.4 Å². The highest BCUT2D eigenvalue weighted by molar-refractivity contribution is 7.21. The molecule has 9 heteroatoms. The summed E-state index contributed by atoms with van der Waals surface area (Å²) in [6, 6.07) is 8.15. The number of para-hydroxylation sites is 1. The van der Waals surface area contributed by atoms with Gasteiger partial charge in [0.1, 0.15) is 22.2 Å². The van der Waals surface area contributed by atoms with Crippen LogP contribution in [-0.4, -0.2) is 58.0 Å². The van der Waals surface area contributed by atoms with Gasteiger partial charge in [-0.3, -0.25) is 9.59 Å². The predicted molar refractivity (Wildman–Crippen MR) is 127 cm³/mol. The van der Waals surface area contributed by atoms with E-state index in [1.165, 1.54) is 11.3 Å². The van der Waals surface area contributed by atoms with E-state index in [-0.39, 0.29) is 23.4 Å². The Morgan fingerprint density at radius 2 is 2.00 bits per heavy atom. The molecule has 1 aromatic carbocycles. The number of amides is 1. The zero-order valence-corrected chi connectivity index (χ0v) is 19.0. The highest BCUT2D eigenvalue weighted by atomic mass is 32.1. The molecule has 5 rings (SSSR count). The molecule has 0 spiro atoms. The molecule has 32 heavy (non-hydrogen) atoms. The number of anilines is 1. The van der Waals surface area contributed by atoms with Crippen LogP contribution in [0.3, 0.4) is 0 Å². The van der Waals surface area contributed by atoms with Crippen LogP contribution in [0.4, 0.5) is 5.82 Å². The van der Waals surface area contributed by atoms with Crippen molar-refractivity contribution < 1.29 is 4.79 Å². The first-order chi connectivity index (χ1) is 15.6. The van der Waals surface area contributed by atoms with Crippen LogP contribution in [0, 0.1) is 0 Å². The van der Waals surface area contributed by atoms with E-state index in [1.54, 1.807) is 6.92 Å². The molecule has 2 aromatic heterocycles. The second kappa shape index (κ2) is 8.99. The number of thiazole rings is 1. The Labute approximate surface area is 190 Å². The Morgan fingerprint density at radius 3 is 2.72 bits per heavy atom. The molecule has 2 aliphatic rings. The fraction of sp³-hybridized carbons (Fsp3) is 0.478. The van der Waals surface area contributed by atoms with Crippen molar-refractivity contribution in [3.63, 3.8) is 0 Å². The van der Waals surface area contributed by atoms with Gasteiger partial charge in [-0.05, 0) is 44.4 Å². The second-order valence-corrected chi connectivity index (χ2v) is 9.66. The zero-order valence-electron chi connectivity index (χ0n) is 18.2. The van der Waals surface area contributed by atoms with E-state index < -0.39 is 0 Å². The van der Waals surface area contributed by atoms with Crippen molar-refractivity contribution in [2.24, 2.45) is 0 Å². The third-order valence-electron chi connectivity index (χ3n) is 6.41. The monoisotopic (exact) mass is 452 g/mol. The molecule has 0 aliphatic carbocycles. The van der Waals surface area contributed by atoms with Crippen molar-refractivity contribution >= 4 is 33.3 Å². The first-order valence-corrected chi connectivity index (χ1v) is 12.1. The summed E-state index contributed by atoms with van der Waals surface area (Å²) in [5.41, 5.74) is 1.24. The van der Waals surface area contributed by atoms with Gasteiger partial charge in [0.25, 0.3) is 5.56 Å². The Kier molecular flexibility index (Phi) is 5.93. The molecular weight excluding hydrogens is 424 g/mol. The van der Waals surface area contributed by atoms with Gasteiger partial charge >= 0.3 is 0 Å². The van der Waals surface area contributed by atoms with E-state index in [4.69, 9.17) is 9.97 Å². The van der Waals surface area contributed by atoms with E-state index in [1.807, 2.05) is 29.2 Å². The maximum Gasteiger partial charge on any atom is 0.263 e. The van der Waals surface area contributed by atoms with Gasteiger partial charge in [0.2, 0.25) is 5.91 Å². The van der Waals surface area contributed by atoms with Crippen LogP contribution in [0.15, 0.2) is 29.1 Å². The first kappa shape index (κ1) is 21.1. The minimum absolute atomic E-state index is 0.100. The molecule has 0 saturated carbocycles. The van der Waals surface area contributed by atoms with E-state index in [0.717, 1.165) is 49.0 Å². The summed E-state index contributed by atoms with van der Waals surface area (Å²) in [5.74, 6) is 1.55. The molecule has 8 nitrogen and oxygen atoms in total. The molecule has 0 radical (unpaired) electrons. The molecule has 2 saturated heterocycles. The van der Waals surface area contributed by atoms with E-state index >= 15 is 0 Å². The fourth-order valence-corrected chi connectivity index (χ4v) is 5.61. The number of hydrogen-bond acceptors (Lipinski definition) is 7. The maximum absolute atomic E-state index is 13.3. The number of H-pyrrole nitrogens is 1. The summed E-state index contributed by atoms with van der Waals surface area (Å²) in [6.07, 6.45) is 3.72. The molecule has 1 amide bonds. The van der Waals surface area contributed by atoms with Crippen LogP contribution >= 0.6 is 11.3 Å². The number of fused-ring (bicyclic) bond motifs is 1. The summed E-state index contributed by atoms with van der Waals surface area (Å²) in [7, 11) is 0. The Hall–Kier alpha value is -2.78. The van der Waals surface area contributed by atoms with Gasteiger partial charge in [0, 0.05) is 38.5 Å². The number of likely N-dealkylation sites (tertiary alicyclic amines) is 1. The van der Waals surface area contributed by atoms with Crippen molar-refractivity contribution in [1.29, 1.82) is 0 Å². The molecule has 168 valence electrons.